The van der Waals surface area contributed by atoms with Crippen LogP contribution in [-0.2, 0) is 4.79 Å². The van der Waals surface area contributed by atoms with E-state index in [-0.39, 0.29) is 24.2 Å². The van der Waals surface area contributed by atoms with Crippen molar-refractivity contribution in [2.24, 2.45) is 5.73 Å². The molecule has 0 saturated carbocycles. The van der Waals surface area contributed by atoms with Crippen molar-refractivity contribution in [1.82, 2.24) is 9.80 Å². The van der Waals surface area contributed by atoms with E-state index >= 15 is 0 Å². The fourth-order valence-electron chi connectivity index (χ4n) is 3.25. The quantitative estimate of drug-likeness (QED) is 0.789. The maximum absolute atomic E-state index is 12.7. The molecular formula is C19H30ClN3O4. The van der Waals surface area contributed by atoms with Gasteiger partial charge in [-0.3, -0.25) is 9.59 Å². The van der Waals surface area contributed by atoms with Crippen LogP contribution < -0.4 is 15.2 Å². The third kappa shape index (κ3) is 5.26. The molecule has 0 aromatic heterocycles. The fourth-order valence-corrected chi connectivity index (χ4v) is 3.25. The van der Waals surface area contributed by atoms with E-state index in [9.17, 15) is 9.59 Å². The first-order valence-corrected chi connectivity index (χ1v) is 8.93. The number of amides is 2. The summed E-state index contributed by atoms with van der Waals surface area (Å²) < 4.78 is 10.5. The van der Waals surface area contributed by atoms with E-state index in [1.165, 1.54) is 7.11 Å². The lowest BCUT2D eigenvalue weighted by molar-refractivity contribution is -0.138. The van der Waals surface area contributed by atoms with Crippen LogP contribution in [0.5, 0.6) is 11.5 Å². The van der Waals surface area contributed by atoms with E-state index in [0.29, 0.717) is 49.7 Å². The van der Waals surface area contributed by atoms with Crippen molar-refractivity contribution in [3.05, 3.63) is 23.8 Å². The largest absolute Gasteiger partial charge is 0.493 e. The van der Waals surface area contributed by atoms with Crippen LogP contribution in [-0.4, -0.2) is 67.6 Å². The minimum absolute atomic E-state index is 0. The first-order chi connectivity index (χ1) is 12.3. The van der Waals surface area contributed by atoms with Gasteiger partial charge in [0.2, 0.25) is 5.91 Å². The van der Waals surface area contributed by atoms with Gasteiger partial charge < -0.3 is 25.0 Å². The zero-order chi connectivity index (χ0) is 19.3. The second-order valence-electron chi connectivity index (χ2n) is 6.82. The Balaban J connectivity index is 0.00000364. The van der Waals surface area contributed by atoms with Crippen molar-refractivity contribution < 1.29 is 19.1 Å². The second-order valence-corrected chi connectivity index (χ2v) is 6.82. The number of nitrogens with zero attached hydrogens (tertiary/aromatic N) is 2. The molecule has 0 radical (unpaired) electrons. The van der Waals surface area contributed by atoms with Crippen LogP contribution >= 0.6 is 12.4 Å². The zero-order valence-corrected chi connectivity index (χ0v) is 17.3. The molecule has 1 atom stereocenters. The molecule has 1 aliphatic heterocycles. The van der Waals surface area contributed by atoms with Crippen LogP contribution in [0.15, 0.2) is 18.2 Å². The summed E-state index contributed by atoms with van der Waals surface area (Å²) in [6.45, 7) is 5.75. The minimum atomic E-state index is -0.843. The molecule has 0 bridgehead atoms. The number of nitrogens with two attached hydrogens (primary N) is 1. The van der Waals surface area contributed by atoms with E-state index in [2.05, 4.69) is 0 Å². The summed E-state index contributed by atoms with van der Waals surface area (Å²) in [5, 5.41) is 0. The summed E-state index contributed by atoms with van der Waals surface area (Å²) in [6.07, 6.45) is 1.51. The normalized spacial score (nSPS) is 16.2. The Kier molecular flexibility index (Phi) is 8.37. The van der Waals surface area contributed by atoms with Crippen LogP contribution in [0.2, 0.25) is 0 Å². The van der Waals surface area contributed by atoms with Crippen LogP contribution in [0, 0.1) is 0 Å². The molecule has 0 spiro atoms. The van der Waals surface area contributed by atoms with Crippen LogP contribution in [0.3, 0.4) is 0 Å². The van der Waals surface area contributed by atoms with Crippen molar-refractivity contribution in [1.29, 1.82) is 0 Å². The zero-order valence-electron chi connectivity index (χ0n) is 16.5. The van der Waals surface area contributed by atoms with Crippen molar-refractivity contribution >= 4 is 24.2 Å². The molecule has 1 aromatic carbocycles. The third-order valence-corrected chi connectivity index (χ3v) is 4.74. The van der Waals surface area contributed by atoms with Gasteiger partial charge in [-0.2, -0.15) is 0 Å². The van der Waals surface area contributed by atoms with Crippen molar-refractivity contribution in [3.63, 3.8) is 0 Å². The SMILES string of the molecule is CCCC(C)(N)C(=O)N1CCN(C(=O)c2ccc(OC)c(OC)c2)CC1.Cl. The molecule has 0 aliphatic carbocycles. The molecule has 2 N–H and O–H groups in total. The number of methoxy groups -OCH3 is 2. The first kappa shape index (κ1) is 23.0. The molecule has 1 heterocycles. The van der Waals surface area contributed by atoms with Crippen LogP contribution in [0.4, 0.5) is 0 Å². The Bertz CT molecular complexity index is 658. The summed E-state index contributed by atoms with van der Waals surface area (Å²) in [4.78, 5) is 28.8. The predicted molar refractivity (Wildman–Crippen MR) is 107 cm³/mol. The van der Waals surface area contributed by atoms with Crippen LogP contribution in [0.1, 0.15) is 37.0 Å². The van der Waals surface area contributed by atoms with Crippen molar-refractivity contribution in [3.8, 4) is 11.5 Å². The fraction of sp³-hybridized carbons (Fsp3) is 0.579. The molecule has 2 rings (SSSR count). The highest BCUT2D eigenvalue weighted by Crippen LogP contribution is 2.28. The van der Waals surface area contributed by atoms with Crippen LogP contribution in [0.25, 0.3) is 0 Å². The average molecular weight is 400 g/mol. The van der Waals surface area contributed by atoms with Gasteiger partial charge in [-0.1, -0.05) is 13.3 Å². The van der Waals surface area contributed by atoms with Gasteiger partial charge in [-0.25, -0.2) is 0 Å². The lowest BCUT2D eigenvalue weighted by atomic mass is 9.95. The lowest BCUT2D eigenvalue weighted by Crippen LogP contribution is -2.58. The Labute approximate surface area is 167 Å². The van der Waals surface area contributed by atoms with E-state index in [4.69, 9.17) is 15.2 Å². The maximum atomic E-state index is 12.7. The van der Waals surface area contributed by atoms with Gasteiger partial charge in [0.15, 0.2) is 11.5 Å². The predicted octanol–water partition coefficient (Wildman–Crippen LogP) is 1.93. The van der Waals surface area contributed by atoms with Crippen molar-refractivity contribution in [2.45, 2.75) is 32.2 Å². The highest BCUT2D eigenvalue weighted by molar-refractivity contribution is 5.95. The smallest absolute Gasteiger partial charge is 0.254 e. The highest BCUT2D eigenvalue weighted by Gasteiger charge is 2.34. The number of rotatable bonds is 6. The van der Waals surface area contributed by atoms with Gasteiger partial charge in [-0.15, -0.1) is 12.4 Å². The molecule has 27 heavy (non-hydrogen) atoms. The second kappa shape index (κ2) is 9.80. The number of ether oxygens (including phenoxy) is 2. The number of hydrogen-bond donors (Lipinski definition) is 1. The van der Waals surface area contributed by atoms with Gasteiger partial charge in [0.05, 0.1) is 19.8 Å². The Morgan fingerprint density at radius 2 is 1.63 bits per heavy atom. The number of benzene rings is 1. The number of halogens is 1. The van der Waals surface area contributed by atoms with Gasteiger partial charge in [0, 0.05) is 31.7 Å². The van der Waals surface area contributed by atoms with E-state index in [1.54, 1.807) is 42.0 Å². The summed E-state index contributed by atoms with van der Waals surface area (Å²) in [5.41, 5.74) is 5.84. The monoisotopic (exact) mass is 399 g/mol. The summed E-state index contributed by atoms with van der Waals surface area (Å²) >= 11 is 0. The lowest BCUT2D eigenvalue weighted by Gasteiger charge is -2.38. The average Bonchev–Trinajstić information content (AvgIpc) is 2.66. The highest BCUT2D eigenvalue weighted by atomic mass is 35.5. The number of piperazine rings is 1. The molecule has 7 nitrogen and oxygen atoms in total. The third-order valence-electron chi connectivity index (χ3n) is 4.74. The molecule has 8 heteroatoms. The Hall–Kier alpha value is -1.99. The van der Waals surface area contributed by atoms with E-state index in [0.717, 1.165) is 6.42 Å². The van der Waals surface area contributed by atoms with Gasteiger partial charge in [-0.05, 0) is 31.5 Å². The summed E-state index contributed by atoms with van der Waals surface area (Å²) in [5.74, 6) is 0.975. The molecule has 2 amide bonds. The Morgan fingerprint density at radius 1 is 1.07 bits per heavy atom. The van der Waals surface area contributed by atoms with Crippen molar-refractivity contribution in [2.75, 3.05) is 40.4 Å². The van der Waals surface area contributed by atoms with E-state index < -0.39 is 5.54 Å². The van der Waals surface area contributed by atoms with Gasteiger partial charge >= 0.3 is 0 Å². The topological polar surface area (TPSA) is 85.1 Å². The molecule has 1 saturated heterocycles. The summed E-state index contributed by atoms with van der Waals surface area (Å²) in [6, 6.07) is 5.12. The Morgan fingerprint density at radius 3 is 2.15 bits per heavy atom. The van der Waals surface area contributed by atoms with E-state index in [1.807, 2.05) is 6.92 Å². The molecular weight excluding hydrogens is 370 g/mol. The molecule has 1 aromatic rings. The van der Waals surface area contributed by atoms with Gasteiger partial charge in [0.1, 0.15) is 0 Å². The number of carbonyl (C=O) groups is 2. The standard InChI is InChI=1S/C19H29N3O4.ClH/c1-5-8-19(2,20)18(24)22-11-9-21(10-12-22)17(23)14-6-7-15(25-3)16(13-14)26-4;/h6-7,13H,5,8-12,20H2,1-4H3;1H. The number of carbonyl (C=O) groups excluding carboxylic acids is 2. The molecule has 152 valence electrons. The first-order valence-electron chi connectivity index (χ1n) is 8.93. The minimum Gasteiger partial charge on any atom is -0.493 e. The molecule has 1 unspecified atom stereocenters. The van der Waals surface area contributed by atoms with Gasteiger partial charge in [0.25, 0.3) is 5.91 Å². The molecule has 1 aliphatic rings. The summed E-state index contributed by atoms with van der Waals surface area (Å²) in [7, 11) is 3.09. The molecule has 1 fully saturated rings. The maximum Gasteiger partial charge on any atom is 0.254 e. The number of hydrogen-bond acceptors (Lipinski definition) is 5.